The molecule has 0 fully saturated rings. The number of carbonyl (C=O) groups is 1. The molecule has 0 aliphatic heterocycles. The molecule has 0 saturated heterocycles. The van der Waals surface area contributed by atoms with E-state index in [0.717, 1.165) is 0 Å². The molecule has 0 saturated carbocycles. The van der Waals surface area contributed by atoms with Crippen molar-refractivity contribution in [2.75, 3.05) is 5.32 Å². The molecule has 140 valence electrons. The van der Waals surface area contributed by atoms with Gasteiger partial charge in [-0.05, 0) is 55.8 Å². The summed E-state index contributed by atoms with van der Waals surface area (Å²) in [5.74, 6) is 0.324. The second-order valence-electron chi connectivity index (χ2n) is 6.02. The molecule has 0 aliphatic rings. The Morgan fingerprint density at radius 3 is 2.54 bits per heavy atom. The highest BCUT2D eigenvalue weighted by Gasteiger charge is 2.16. The number of carbonyl (C=O) groups excluding carboxylic acids is 1. The van der Waals surface area contributed by atoms with E-state index in [2.05, 4.69) is 16.4 Å². The predicted octanol–water partition coefficient (Wildman–Crippen LogP) is 5.92. The van der Waals surface area contributed by atoms with Crippen LogP contribution < -0.4 is 10.1 Å². The number of aromatic nitrogens is 1. The van der Waals surface area contributed by atoms with Gasteiger partial charge in [0.15, 0.2) is 0 Å². The first-order valence-electron chi connectivity index (χ1n) is 8.30. The van der Waals surface area contributed by atoms with Crippen LogP contribution in [0.15, 0.2) is 48.5 Å². The molecule has 0 unspecified atom stereocenters. The van der Waals surface area contributed by atoms with Crippen LogP contribution in [0.3, 0.4) is 0 Å². The van der Waals surface area contributed by atoms with Crippen LogP contribution in [0.2, 0.25) is 10.0 Å². The Morgan fingerprint density at radius 2 is 1.86 bits per heavy atom. The van der Waals surface area contributed by atoms with Crippen LogP contribution in [-0.2, 0) is 0 Å². The van der Waals surface area contributed by atoms with Gasteiger partial charge in [0, 0.05) is 22.3 Å². The van der Waals surface area contributed by atoms with E-state index in [0.29, 0.717) is 38.3 Å². The Balaban J connectivity index is 1.84. The van der Waals surface area contributed by atoms with Gasteiger partial charge in [-0.3, -0.25) is 4.79 Å². The van der Waals surface area contributed by atoms with E-state index in [4.69, 9.17) is 27.9 Å². The van der Waals surface area contributed by atoms with Crippen molar-refractivity contribution in [2.45, 2.75) is 13.8 Å². The lowest BCUT2D eigenvalue weighted by Crippen LogP contribution is -2.11. The van der Waals surface area contributed by atoms with Gasteiger partial charge in [0.1, 0.15) is 17.4 Å². The molecule has 1 N–H and O–H groups in total. The fourth-order valence-corrected chi connectivity index (χ4v) is 2.82. The first-order valence-corrected chi connectivity index (χ1v) is 9.06. The van der Waals surface area contributed by atoms with E-state index in [1.807, 2.05) is 0 Å². The zero-order valence-corrected chi connectivity index (χ0v) is 16.6. The zero-order chi connectivity index (χ0) is 20.3. The molecule has 28 heavy (non-hydrogen) atoms. The number of rotatable bonds is 4. The minimum Gasteiger partial charge on any atom is -0.438 e. The maximum atomic E-state index is 12.4. The maximum Gasteiger partial charge on any atom is 0.255 e. The largest absolute Gasteiger partial charge is 0.438 e. The van der Waals surface area contributed by atoms with Gasteiger partial charge in [-0.25, -0.2) is 4.98 Å². The molecule has 3 aromatic rings. The number of aryl methyl sites for hydroxylation is 1. The van der Waals surface area contributed by atoms with E-state index >= 15 is 0 Å². The number of hydrogen-bond donors (Lipinski definition) is 1. The molecule has 0 radical (unpaired) electrons. The van der Waals surface area contributed by atoms with Crippen molar-refractivity contribution < 1.29 is 9.53 Å². The molecule has 0 bridgehead atoms. The van der Waals surface area contributed by atoms with Crippen molar-refractivity contribution in [1.82, 2.24) is 4.98 Å². The summed E-state index contributed by atoms with van der Waals surface area (Å²) in [6.45, 7) is 3.48. The van der Waals surface area contributed by atoms with Gasteiger partial charge in [0.05, 0.1) is 10.7 Å². The molecule has 2 aromatic carbocycles. The highest BCUT2D eigenvalue weighted by Crippen LogP contribution is 2.31. The highest BCUT2D eigenvalue weighted by molar-refractivity contribution is 6.32. The average molecular weight is 412 g/mol. The van der Waals surface area contributed by atoms with Crippen molar-refractivity contribution in [3.05, 3.63) is 81.0 Å². The van der Waals surface area contributed by atoms with Gasteiger partial charge in [-0.15, -0.1) is 0 Å². The number of nitrogens with one attached hydrogen (secondary N) is 1. The number of halogens is 2. The summed E-state index contributed by atoms with van der Waals surface area (Å²) < 4.78 is 5.80. The van der Waals surface area contributed by atoms with Crippen LogP contribution >= 0.6 is 23.2 Å². The second kappa shape index (κ2) is 8.30. The Bertz CT molecular complexity index is 1090. The molecule has 7 heteroatoms. The molecule has 5 nitrogen and oxygen atoms in total. The average Bonchev–Trinajstić information content (AvgIpc) is 2.67. The third-order valence-electron chi connectivity index (χ3n) is 4.03. The Hall–Kier alpha value is -3.07. The Kier molecular flexibility index (Phi) is 5.84. The third kappa shape index (κ3) is 4.25. The number of ether oxygens (including phenoxy) is 1. The SMILES string of the molecule is Cc1nc(Oc2cccc(NC(=O)c3ccc(Cl)cc3)c2)c(C#N)c(C)c1Cl. The van der Waals surface area contributed by atoms with Gasteiger partial charge < -0.3 is 10.1 Å². The number of amides is 1. The molecule has 0 spiro atoms. The van der Waals surface area contributed by atoms with E-state index in [9.17, 15) is 10.1 Å². The zero-order valence-electron chi connectivity index (χ0n) is 15.1. The lowest BCUT2D eigenvalue weighted by atomic mass is 10.1. The summed E-state index contributed by atoms with van der Waals surface area (Å²) in [6, 6.07) is 15.5. The van der Waals surface area contributed by atoms with E-state index in [-0.39, 0.29) is 17.4 Å². The van der Waals surface area contributed by atoms with E-state index in [1.54, 1.807) is 62.4 Å². The molecule has 0 atom stereocenters. The smallest absolute Gasteiger partial charge is 0.255 e. The van der Waals surface area contributed by atoms with Crippen LogP contribution in [0.4, 0.5) is 5.69 Å². The molecule has 3 rings (SSSR count). The molecular weight excluding hydrogens is 397 g/mol. The minimum atomic E-state index is -0.275. The monoisotopic (exact) mass is 411 g/mol. The first-order chi connectivity index (χ1) is 13.4. The van der Waals surface area contributed by atoms with E-state index < -0.39 is 0 Å². The second-order valence-corrected chi connectivity index (χ2v) is 6.83. The van der Waals surface area contributed by atoms with Gasteiger partial charge in [-0.2, -0.15) is 5.26 Å². The van der Waals surface area contributed by atoms with Crippen LogP contribution in [0.25, 0.3) is 0 Å². The van der Waals surface area contributed by atoms with Crippen molar-refractivity contribution in [3.63, 3.8) is 0 Å². The highest BCUT2D eigenvalue weighted by atomic mass is 35.5. The molecule has 1 amide bonds. The molecule has 1 aromatic heterocycles. The predicted molar refractivity (Wildman–Crippen MR) is 109 cm³/mol. The van der Waals surface area contributed by atoms with Crippen molar-refractivity contribution in [1.29, 1.82) is 5.26 Å². The number of benzene rings is 2. The fraction of sp³-hybridized carbons (Fsp3) is 0.0952. The minimum absolute atomic E-state index is 0.170. The summed E-state index contributed by atoms with van der Waals surface area (Å²) in [7, 11) is 0. The lowest BCUT2D eigenvalue weighted by molar-refractivity contribution is 0.102. The standard InChI is InChI=1S/C21H15Cl2N3O2/c1-12-18(11-24)21(25-13(2)19(12)23)28-17-5-3-4-16(10-17)26-20(27)14-6-8-15(22)9-7-14/h3-10H,1-2H3,(H,26,27). The normalized spacial score (nSPS) is 10.2. The number of nitriles is 1. The lowest BCUT2D eigenvalue weighted by Gasteiger charge is -2.12. The van der Waals surface area contributed by atoms with Crippen LogP contribution in [-0.4, -0.2) is 10.9 Å². The Labute approximate surface area is 172 Å². The first kappa shape index (κ1) is 19.7. The summed E-state index contributed by atoms with van der Waals surface area (Å²) in [5, 5.41) is 13.2. The van der Waals surface area contributed by atoms with Crippen molar-refractivity contribution in [2.24, 2.45) is 0 Å². The van der Waals surface area contributed by atoms with Crippen molar-refractivity contribution in [3.8, 4) is 17.7 Å². The maximum absolute atomic E-state index is 12.4. The third-order valence-corrected chi connectivity index (χ3v) is 4.84. The van der Waals surface area contributed by atoms with Crippen LogP contribution in [0, 0.1) is 25.2 Å². The summed E-state index contributed by atoms with van der Waals surface area (Å²) in [4.78, 5) is 16.6. The summed E-state index contributed by atoms with van der Waals surface area (Å²) in [5.41, 5.74) is 2.47. The molecule has 1 heterocycles. The quantitative estimate of drug-likeness (QED) is 0.577. The summed E-state index contributed by atoms with van der Waals surface area (Å²) in [6.07, 6.45) is 0. The number of pyridine rings is 1. The summed E-state index contributed by atoms with van der Waals surface area (Å²) >= 11 is 12.0. The van der Waals surface area contributed by atoms with Gasteiger partial charge in [0.25, 0.3) is 5.91 Å². The van der Waals surface area contributed by atoms with Crippen LogP contribution in [0.5, 0.6) is 11.6 Å². The Morgan fingerprint density at radius 1 is 1.14 bits per heavy atom. The number of anilines is 1. The van der Waals surface area contributed by atoms with E-state index in [1.165, 1.54) is 0 Å². The topological polar surface area (TPSA) is 75.0 Å². The molecular formula is C21H15Cl2N3O2. The van der Waals surface area contributed by atoms with Gasteiger partial charge in [-0.1, -0.05) is 29.3 Å². The number of nitrogens with zero attached hydrogens (tertiary/aromatic N) is 2. The van der Waals surface area contributed by atoms with Crippen molar-refractivity contribution >= 4 is 34.8 Å². The van der Waals surface area contributed by atoms with Gasteiger partial charge >= 0.3 is 0 Å². The van der Waals surface area contributed by atoms with Gasteiger partial charge in [0.2, 0.25) is 5.88 Å². The molecule has 0 aliphatic carbocycles. The fourth-order valence-electron chi connectivity index (χ4n) is 2.56. The van der Waals surface area contributed by atoms with Crippen LogP contribution in [0.1, 0.15) is 27.2 Å². The number of hydrogen-bond acceptors (Lipinski definition) is 4.